The van der Waals surface area contributed by atoms with Gasteiger partial charge in [-0.1, -0.05) is 17.7 Å². The predicted molar refractivity (Wildman–Crippen MR) is 81.2 cm³/mol. The van der Waals surface area contributed by atoms with Crippen LogP contribution in [0, 0.1) is 6.92 Å². The van der Waals surface area contributed by atoms with Gasteiger partial charge in [-0.15, -0.1) is 0 Å². The zero-order chi connectivity index (χ0) is 14.4. The Bertz CT molecular complexity index is 587. The molecular weight excluding hydrogens is 274 g/mol. The molecule has 20 heavy (non-hydrogen) atoms. The molecule has 5 heteroatoms. The van der Waals surface area contributed by atoms with Gasteiger partial charge in [0.1, 0.15) is 0 Å². The van der Waals surface area contributed by atoms with Gasteiger partial charge >= 0.3 is 6.03 Å². The van der Waals surface area contributed by atoms with Crippen molar-refractivity contribution < 1.29 is 4.79 Å². The third kappa shape index (κ3) is 4.24. The standard InChI is InChI=1S/C15H16ClN3O/c1-11-10-12(16)5-6-14(11)19-15(20)18-9-7-13-4-2-3-8-17-13/h2-6,8,10H,7,9H2,1H3,(H2,18,19,20). The number of nitrogens with zero attached hydrogens (tertiary/aromatic N) is 1. The van der Waals surface area contributed by atoms with Crippen molar-refractivity contribution in [1.29, 1.82) is 0 Å². The summed E-state index contributed by atoms with van der Waals surface area (Å²) >= 11 is 5.87. The lowest BCUT2D eigenvalue weighted by Crippen LogP contribution is -2.30. The molecule has 1 aromatic carbocycles. The summed E-state index contributed by atoms with van der Waals surface area (Å²) in [6.45, 7) is 2.44. The average Bonchev–Trinajstić information content (AvgIpc) is 2.43. The van der Waals surface area contributed by atoms with Crippen molar-refractivity contribution in [2.24, 2.45) is 0 Å². The van der Waals surface area contributed by atoms with Gasteiger partial charge in [-0.3, -0.25) is 4.98 Å². The largest absolute Gasteiger partial charge is 0.337 e. The van der Waals surface area contributed by atoms with Crippen molar-refractivity contribution in [2.75, 3.05) is 11.9 Å². The highest BCUT2D eigenvalue weighted by Crippen LogP contribution is 2.19. The first kappa shape index (κ1) is 14.3. The fourth-order valence-electron chi connectivity index (χ4n) is 1.78. The van der Waals surface area contributed by atoms with Crippen LogP contribution in [0.3, 0.4) is 0 Å². The van der Waals surface area contributed by atoms with Gasteiger partial charge in [0.05, 0.1) is 0 Å². The number of nitrogens with one attached hydrogen (secondary N) is 2. The first-order chi connectivity index (χ1) is 9.65. The zero-order valence-corrected chi connectivity index (χ0v) is 11.9. The second-order valence-electron chi connectivity index (χ2n) is 4.41. The Morgan fingerprint density at radius 1 is 1.30 bits per heavy atom. The number of benzene rings is 1. The molecule has 0 spiro atoms. The Morgan fingerprint density at radius 2 is 2.15 bits per heavy atom. The molecule has 1 heterocycles. The van der Waals surface area contributed by atoms with E-state index < -0.39 is 0 Å². The quantitative estimate of drug-likeness (QED) is 0.906. The van der Waals surface area contributed by atoms with Crippen molar-refractivity contribution in [3.8, 4) is 0 Å². The minimum absolute atomic E-state index is 0.230. The molecule has 0 aliphatic heterocycles. The highest BCUT2D eigenvalue weighted by atomic mass is 35.5. The monoisotopic (exact) mass is 289 g/mol. The Labute approximate surface area is 123 Å². The number of pyridine rings is 1. The maximum Gasteiger partial charge on any atom is 0.319 e. The molecule has 0 aliphatic rings. The average molecular weight is 290 g/mol. The Morgan fingerprint density at radius 3 is 2.85 bits per heavy atom. The highest BCUT2D eigenvalue weighted by molar-refractivity contribution is 6.30. The van der Waals surface area contributed by atoms with E-state index in [0.29, 0.717) is 18.0 Å². The summed E-state index contributed by atoms with van der Waals surface area (Å²) in [6, 6.07) is 10.8. The van der Waals surface area contributed by atoms with Gasteiger partial charge in [-0.25, -0.2) is 4.79 Å². The molecule has 0 aliphatic carbocycles. The minimum atomic E-state index is -0.230. The van der Waals surface area contributed by atoms with Crippen LogP contribution < -0.4 is 10.6 Å². The van der Waals surface area contributed by atoms with E-state index in [4.69, 9.17) is 11.6 Å². The van der Waals surface area contributed by atoms with Gasteiger partial charge in [0.15, 0.2) is 0 Å². The van der Waals surface area contributed by atoms with E-state index >= 15 is 0 Å². The molecular formula is C15H16ClN3O. The zero-order valence-electron chi connectivity index (χ0n) is 11.2. The molecule has 0 saturated carbocycles. The number of anilines is 1. The van der Waals surface area contributed by atoms with Gasteiger partial charge in [-0.05, 0) is 42.8 Å². The summed E-state index contributed by atoms with van der Waals surface area (Å²) < 4.78 is 0. The highest BCUT2D eigenvalue weighted by Gasteiger charge is 2.04. The number of carbonyl (C=O) groups excluding carboxylic acids is 1. The second-order valence-corrected chi connectivity index (χ2v) is 4.85. The number of aryl methyl sites for hydroxylation is 1. The van der Waals surface area contributed by atoms with Crippen LogP contribution in [-0.4, -0.2) is 17.6 Å². The molecule has 2 aromatic rings. The summed E-state index contributed by atoms with van der Waals surface area (Å²) in [5.41, 5.74) is 2.64. The molecule has 2 rings (SSSR count). The predicted octanol–water partition coefficient (Wildman–Crippen LogP) is 3.41. The number of hydrogen-bond donors (Lipinski definition) is 2. The topological polar surface area (TPSA) is 54.0 Å². The lowest BCUT2D eigenvalue weighted by atomic mass is 10.2. The summed E-state index contributed by atoms with van der Waals surface area (Å²) in [6.07, 6.45) is 2.44. The van der Waals surface area contributed by atoms with E-state index in [-0.39, 0.29) is 6.03 Å². The first-order valence-electron chi connectivity index (χ1n) is 6.36. The number of amides is 2. The molecule has 4 nitrogen and oxygen atoms in total. The molecule has 2 amide bonds. The van der Waals surface area contributed by atoms with Crippen LogP contribution in [0.2, 0.25) is 5.02 Å². The fourth-order valence-corrected chi connectivity index (χ4v) is 2.01. The first-order valence-corrected chi connectivity index (χ1v) is 6.74. The molecule has 104 valence electrons. The number of carbonyl (C=O) groups is 1. The molecule has 0 radical (unpaired) electrons. The van der Waals surface area contributed by atoms with Crippen LogP contribution in [0.5, 0.6) is 0 Å². The van der Waals surface area contributed by atoms with E-state index in [1.807, 2.05) is 31.2 Å². The summed E-state index contributed by atoms with van der Waals surface area (Å²) in [7, 11) is 0. The molecule has 0 bridgehead atoms. The van der Waals surface area contributed by atoms with Gasteiger partial charge in [0.2, 0.25) is 0 Å². The van der Waals surface area contributed by atoms with Crippen molar-refractivity contribution in [2.45, 2.75) is 13.3 Å². The van der Waals surface area contributed by atoms with Crippen molar-refractivity contribution in [1.82, 2.24) is 10.3 Å². The van der Waals surface area contributed by atoms with E-state index in [9.17, 15) is 4.79 Å². The lowest BCUT2D eigenvalue weighted by Gasteiger charge is -2.10. The molecule has 2 N–H and O–H groups in total. The van der Waals surface area contributed by atoms with Crippen LogP contribution >= 0.6 is 11.6 Å². The number of hydrogen-bond acceptors (Lipinski definition) is 2. The molecule has 0 unspecified atom stereocenters. The maximum absolute atomic E-state index is 11.8. The molecule has 0 atom stereocenters. The molecule has 0 fully saturated rings. The number of urea groups is 1. The van der Waals surface area contributed by atoms with E-state index in [1.54, 1.807) is 18.3 Å². The lowest BCUT2D eigenvalue weighted by molar-refractivity contribution is 0.252. The third-order valence-corrected chi connectivity index (χ3v) is 3.06. The van der Waals surface area contributed by atoms with Crippen LogP contribution in [-0.2, 0) is 6.42 Å². The fraction of sp³-hybridized carbons (Fsp3) is 0.200. The van der Waals surface area contributed by atoms with E-state index in [0.717, 1.165) is 16.9 Å². The molecule has 1 aromatic heterocycles. The number of rotatable bonds is 4. The van der Waals surface area contributed by atoms with Crippen molar-refractivity contribution >= 4 is 23.3 Å². The van der Waals surface area contributed by atoms with Gasteiger partial charge < -0.3 is 10.6 Å². The van der Waals surface area contributed by atoms with E-state index in [2.05, 4.69) is 15.6 Å². The maximum atomic E-state index is 11.8. The normalized spacial score (nSPS) is 10.1. The minimum Gasteiger partial charge on any atom is -0.337 e. The Balaban J connectivity index is 1.81. The number of aromatic nitrogens is 1. The van der Waals surface area contributed by atoms with Crippen LogP contribution in [0.25, 0.3) is 0 Å². The third-order valence-electron chi connectivity index (χ3n) is 2.83. The van der Waals surface area contributed by atoms with Gasteiger partial charge in [-0.2, -0.15) is 0 Å². The van der Waals surface area contributed by atoms with Gasteiger partial charge in [0.25, 0.3) is 0 Å². The smallest absolute Gasteiger partial charge is 0.319 e. The Hall–Kier alpha value is -2.07. The molecule has 0 saturated heterocycles. The van der Waals surface area contributed by atoms with Gasteiger partial charge in [0, 0.05) is 35.6 Å². The second kappa shape index (κ2) is 6.91. The van der Waals surface area contributed by atoms with Crippen molar-refractivity contribution in [3.05, 3.63) is 58.9 Å². The van der Waals surface area contributed by atoms with E-state index in [1.165, 1.54) is 0 Å². The SMILES string of the molecule is Cc1cc(Cl)ccc1NC(=O)NCCc1ccccn1. The summed E-state index contributed by atoms with van der Waals surface area (Å²) in [5, 5.41) is 6.25. The van der Waals surface area contributed by atoms with Crippen LogP contribution in [0.1, 0.15) is 11.3 Å². The summed E-state index contributed by atoms with van der Waals surface area (Å²) in [4.78, 5) is 16.0. The number of halogens is 1. The Kier molecular flexibility index (Phi) is 4.96. The summed E-state index contributed by atoms with van der Waals surface area (Å²) in [5.74, 6) is 0. The van der Waals surface area contributed by atoms with Crippen LogP contribution in [0.15, 0.2) is 42.6 Å². The van der Waals surface area contributed by atoms with Crippen LogP contribution in [0.4, 0.5) is 10.5 Å². The van der Waals surface area contributed by atoms with Crippen molar-refractivity contribution in [3.63, 3.8) is 0 Å².